The van der Waals surface area contributed by atoms with E-state index in [1.54, 1.807) is 0 Å². The highest BCUT2D eigenvalue weighted by Crippen LogP contribution is 2.14. The molecule has 110 valence electrons. The number of ether oxygens (including phenoxy) is 2. The predicted octanol–water partition coefficient (Wildman–Crippen LogP) is 4.65. The van der Waals surface area contributed by atoms with Gasteiger partial charge in [-0.2, -0.15) is 0 Å². The lowest BCUT2D eigenvalue weighted by Gasteiger charge is -2.09. The summed E-state index contributed by atoms with van der Waals surface area (Å²) >= 11 is 0. The zero-order valence-electron chi connectivity index (χ0n) is 12.3. The van der Waals surface area contributed by atoms with E-state index in [1.165, 1.54) is 30.4 Å². The van der Waals surface area contributed by atoms with Gasteiger partial charge >= 0.3 is 6.16 Å². The summed E-state index contributed by atoms with van der Waals surface area (Å²) in [6, 6.07) is 8.50. The zero-order chi connectivity index (χ0) is 14.6. The Hall–Kier alpha value is -1.77. The van der Waals surface area contributed by atoms with Crippen LogP contribution in [0.2, 0.25) is 0 Å². The van der Waals surface area contributed by atoms with E-state index >= 15 is 0 Å². The van der Waals surface area contributed by atoms with Crippen molar-refractivity contribution in [2.45, 2.75) is 45.4 Å². The van der Waals surface area contributed by atoms with Crippen molar-refractivity contribution in [2.75, 3.05) is 6.61 Å². The van der Waals surface area contributed by atoms with Gasteiger partial charge in [-0.25, -0.2) is 4.79 Å². The molecule has 0 aliphatic heterocycles. The summed E-state index contributed by atoms with van der Waals surface area (Å²) in [6.07, 6.45) is 6.98. The normalized spacial score (nSPS) is 10.1. The third-order valence-corrected chi connectivity index (χ3v) is 3.16. The van der Waals surface area contributed by atoms with E-state index in [1.807, 2.05) is 0 Å². The quantitative estimate of drug-likeness (QED) is 0.374. The van der Waals surface area contributed by atoms with E-state index in [0.717, 1.165) is 25.5 Å². The summed E-state index contributed by atoms with van der Waals surface area (Å²) in [4.78, 5) is 11.0. The van der Waals surface area contributed by atoms with Gasteiger partial charge in [0.2, 0.25) is 0 Å². The van der Waals surface area contributed by atoms with E-state index in [4.69, 9.17) is 4.74 Å². The van der Waals surface area contributed by atoms with Crippen molar-refractivity contribution in [1.82, 2.24) is 0 Å². The van der Waals surface area contributed by atoms with Crippen molar-refractivity contribution in [3.63, 3.8) is 0 Å². The molecule has 0 saturated carbocycles. The molecule has 0 saturated heterocycles. The second-order valence-corrected chi connectivity index (χ2v) is 4.71. The molecule has 0 aliphatic rings. The van der Waals surface area contributed by atoms with Gasteiger partial charge < -0.3 is 9.47 Å². The first-order chi connectivity index (χ1) is 9.77. The lowest BCUT2D eigenvalue weighted by atomic mass is 9.98. The number of hydrogen-bond donors (Lipinski definition) is 0. The Morgan fingerprint density at radius 1 is 1.15 bits per heavy atom. The minimum Gasteiger partial charge on any atom is -0.434 e. The minimum absolute atomic E-state index is 0.371. The lowest BCUT2D eigenvalue weighted by Crippen LogP contribution is -2.06. The van der Waals surface area contributed by atoms with Gasteiger partial charge in [0.05, 0.1) is 12.9 Å². The van der Waals surface area contributed by atoms with Crippen molar-refractivity contribution >= 4 is 6.16 Å². The standard InChI is InChI=1S/C17H24O3/c1-3-5-6-10-15-11-7-8-12-16(15)13-9-14-20-17(18)19-4-2/h4,7-8,11-12H,2-3,5-6,9-10,13-14H2,1H3. The minimum atomic E-state index is -0.684. The van der Waals surface area contributed by atoms with Crippen LogP contribution in [0.1, 0.15) is 43.7 Å². The second-order valence-electron chi connectivity index (χ2n) is 4.71. The zero-order valence-corrected chi connectivity index (χ0v) is 12.3. The Balaban J connectivity index is 2.35. The highest BCUT2D eigenvalue weighted by atomic mass is 16.7. The van der Waals surface area contributed by atoms with Crippen LogP contribution in [-0.4, -0.2) is 12.8 Å². The molecule has 0 N–H and O–H groups in total. The molecule has 0 radical (unpaired) electrons. The number of rotatable bonds is 9. The first kappa shape index (κ1) is 16.3. The second kappa shape index (κ2) is 10.1. The predicted molar refractivity (Wildman–Crippen MR) is 80.6 cm³/mol. The first-order valence-corrected chi connectivity index (χ1v) is 7.29. The molecule has 1 aromatic carbocycles. The Morgan fingerprint density at radius 3 is 2.40 bits per heavy atom. The molecule has 0 unspecified atom stereocenters. The number of unbranched alkanes of at least 4 members (excludes halogenated alkanes) is 2. The van der Waals surface area contributed by atoms with E-state index in [-0.39, 0.29) is 0 Å². The highest BCUT2D eigenvalue weighted by Gasteiger charge is 2.04. The number of carbonyl (C=O) groups is 1. The van der Waals surface area contributed by atoms with Gasteiger partial charge in [0, 0.05) is 0 Å². The molecule has 0 aromatic heterocycles. The maximum Gasteiger partial charge on any atom is 0.513 e. The fourth-order valence-electron chi connectivity index (χ4n) is 2.13. The van der Waals surface area contributed by atoms with E-state index in [2.05, 4.69) is 42.5 Å². The van der Waals surface area contributed by atoms with Crippen molar-refractivity contribution in [3.8, 4) is 0 Å². The van der Waals surface area contributed by atoms with Crippen LogP contribution in [0.3, 0.4) is 0 Å². The Bertz CT molecular complexity index is 412. The number of hydrogen-bond acceptors (Lipinski definition) is 3. The summed E-state index contributed by atoms with van der Waals surface area (Å²) in [7, 11) is 0. The van der Waals surface area contributed by atoms with Crippen molar-refractivity contribution < 1.29 is 14.3 Å². The number of aryl methyl sites for hydroxylation is 2. The molecular formula is C17H24O3. The topological polar surface area (TPSA) is 35.5 Å². The van der Waals surface area contributed by atoms with Crippen LogP contribution in [0.4, 0.5) is 4.79 Å². The van der Waals surface area contributed by atoms with Crippen LogP contribution in [0.15, 0.2) is 37.1 Å². The fraction of sp³-hybridized carbons (Fsp3) is 0.471. The Kier molecular flexibility index (Phi) is 8.20. The molecule has 0 atom stereocenters. The molecule has 20 heavy (non-hydrogen) atoms. The molecule has 0 aliphatic carbocycles. The van der Waals surface area contributed by atoms with Crippen LogP contribution in [0.5, 0.6) is 0 Å². The maximum atomic E-state index is 11.0. The number of benzene rings is 1. The number of carbonyl (C=O) groups excluding carboxylic acids is 1. The van der Waals surface area contributed by atoms with Gasteiger partial charge in [0.25, 0.3) is 0 Å². The largest absolute Gasteiger partial charge is 0.513 e. The maximum absolute atomic E-state index is 11.0. The third kappa shape index (κ3) is 6.41. The van der Waals surface area contributed by atoms with Crippen molar-refractivity contribution in [2.24, 2.45) is 0 Å². The SMILES string of the molecule is C=COC(=O)OCCCc1ccccc1CCCCC. The molecule has 0 fully saturated rings. The van der Waals surface area contributed by atoms with Gasteiger partial charge in [0.1, 0.15) is 0 Å². The van der Waals surface area contributed by atoms with Crippen LogP contribution in [0, 0.1) is 0 Å². The molecule has 0 heterocycles. The average Bonchev–Trinajstić information content (AvgIpc) is 2.45. The Labute approximate surface area is 121 Å². The molecular weight excluding hydrogens is 252 g/mol. The Morgan fingerprint density at radius 2 is 1.80 bits per heavy atom. The summed E-state index contributed by atoms with van der Waals surface area (Å²) < 4.78 is 9.40. The molecule has 3 heteroatoms. The fourth-order valence-corrected chi connectivity index (χ4v) is 2.13. The van der Waals surface area contributed by atoms with Gasteiger partial charge in [-0.1, -0.05) is 50.6 Å². The molecule has 1 rings (SSSR count). The van der Waals surface area contributed by atoms with Crippen LogP contribution in [-0.2, 0) is 22.3 Å². The van der Waals surface area contributed by atoms with Crippen LogP contribution >= 0.6 is 0 Å². The van der Waals surface area contributed by atoms with E-state index < -0.39 is 6.16 Å². The highest BCUT2D eigenvalue weighted by molar-refractivity contribution is 5.60. The van der Waals surface area contributed by atoms with Crippen LogP contribution in [0.25, 0.3) is 0 Å². The molecule has 3 nitrogen and oxygen atoms in total. The lowest BCUT2D eigenvalue weighted by molar-refractivity contribution is 0.0840. The van der Waals surface area contributed by atoms with Crippen molar-refractivity contribution in [3.05, 3.63) is 48.2 Å². The van der Waals surface area contributed by atoms with Gasteiger partial charge in [-0.3, -0.25) is 0 Å². The van der Waals surface area contributed by atoms with Gasteiger partial charge in [-0.05, 0) is 36.8 Å². The van der Waals surface area contributed by atoms with Gasteiger partial charge in [-0.15, -0.1) is 0 Å². The monoisotopic (exact) mass is 276 g/mol. The van der Waals surface area contributed by atoms with E-state index in [9.17, 15) is 4.79 Å². The van der Waals surface area contributed by atoms with Gasteiger partial charge in [0.15, 0.2) is 0 Å². The third-order valence-electron chi connectivity index (χ3n) is 3.16. The van der Waals surface area contributed by atoms with Crippen molar-refractivity contribution in [1.29, 1.82) is 0 Å². The molecule has 0 bridgehead atoms. The summed E-state index contributed by atoms with van der Waals surface area (Å²) in [5.74, 6) is 0. The summed E-state index contributed by atoms with van der Waals surface area (Å²) in [5.41, 5.74) is 2.76. The summed E-state index contributed by atoms with van der Waals surface area (Å²) in [6.45, 7) is 5.89. The molecule has 0 amide bonds. The van der Waals surface area contributed by atoms with E-state index in [0.29, 0.717) is 6.61 Å². The first-order valence-electron chi connectivity index (χ1n) is 7.29. The summed E-state index contributed by atoms with van der Waals surface area (Å²) in [5, 5.41) is 0. The average molecular weight is 276 g/mol. The van der Waals surface area contributed by atoms with Crippen LogP contribution < -0.4 is 0 Å². The molecule has 0 spiro atoms. The molecule has 1 aromatic rings. The smallest absolute Gasteiger partial charge is 0.434 e.